The zero-order valence-electron chi connectivity index (χ0n) is 19.6. The Morgan fingerprint density at radius 2 is 2.00 bits per heavy atom. The third-order valence-corrected chi connectivity index (χ3v) is 7.04. The van der Waals surface area contributed by atoms with Gasteiger partial charge >= 0.3 is 0 Å². The van der Waals surface area contributed by atoms with Gasteiger partial charge in [0.2, 0.25) is 6.79 Å². The van der Waals surface area contributed by atoms with E-state index < -0.39 is 0 Å². The van der Waals surface area contributed by atoms with E-state index in [0.29, 0.717) is 36.2 Å². The molecule has 0 radical (unpaired) electrons. The Balaban J connectivity index is 1.37. The lowest BCUT2D eigenvalue weighted by molar-refractivity contribution is 0.146. The number of tetrazole rings is 1. The van der Waals surface area contributed by atoms with E-state index >= 15 is 0 Å². The van der Waals surface area contributed by atoms with Gasteiger partial charge in [0.25, 0.3) is 5.56 Å². The van der Waals surface area contributed by atoms with Gasteiger partial charge in [0.05, 0.1) is 30.4 Å². The average Bonchev–Trinajstić information content (AvgIpc) is 3.66. The fraction of sp³-hybridized carbons (Fsp3) is 0.440. The topological polar surface area (TPSA) is 111 Å². The van der Waals surface area contributed by atoms with E-state index in [9.17, 15) is 4.79 Å². The van der Waals surface area contributed by atoms with Crippen LogP contribution in [0.4, 0.5) is 0 Å². The molecule has 1 atom stereocenters. The van der Waals surface area contributed by atoms with Crippen LogP contribution in [0.1, 0.15) is 68.3 Å². The maximum atomic E-state index is 13.1. The summed E-state index contributed by atoms with van der Waals surface area (Å²) in [6.45, 7) is 3.25. The Bertz CT molecular complexity index is 1370. The number of H-pyrrole nitrogens is 1. The second-order valence-corrected chi connectivity index (χ2v) is 9.24. The molecule has 1 aliphatic carbocycles. The molecular formula is C25H28N6O4. The van der Waals surface area contributed by atoms with E-state index in [1.54, 1.807) is 6.26 Å². The summed E-state index contributed by atoms with van der Waals surface area (Å²) in [6.07, 6.45) is 7.03. The Labute approximate surface area is 201 Å². The van der Waals surface area contributed by atoms with Crippen molar-refractivity contribution in [2.24, 2.45) is 0 Å². The summed E-state index contributed by atoms with van der Waals surface area (Å²) in [7, 11) is 0. The first-order valence-electron chi connectivity index (χ1n) is 12.2. The average molecular weight is 477 g/mol. The van der Waals surface area contributed by atoms with E-state index in [2.05, 4.69) is 32.3 Å². The molecule has 0 spiro atoms. The number of furan rings is 1. The molecule has 0 unspecified atom stereocenters. The number of aromatic amines is 1. The van der Waals surface area contributed by atoms with E-state index in [0.717, 1.165) is 41.8 Å². The lowest BCUT2D eigenvalue weighted by Gasteiger charge is -2.30. The number of hydrogen-bond acceptors (Lipinski definition) is 8. The molecule has 182 valence electrons. The number of hydrogen-bond donors (Lipinski definition) is 1. The van der Waals surface area contributed by atoms with Crippen LogP contribution in [0.5, 0.6) is 11.5 Å². The van der Waals surface area contributed by atoms with Crippen molar-refractivity contribution in [1.82, 2.24) is 30.1 Å². The van der Waals surface area contributed by atoms with Gasteiger partial charge in [0, 0.05) is 23.6 Å². The van der Waals surface area contributed by atoms with Gasteiger partial charge in [0.15, 0.2) is 17.3 Å². The maximum absolute atomic E-state index is 13.1. The molecule has 0 amide bonds. The normalized spacial score (nSPS) is 16.5. The molecule has 6 rings (SSSR count). The molecule has 1 fully saturated rings. The summed E-state index contributed by atoms with van der Waals surface area (Å²) in [5.41, 5.74) is 1.24. The number of pyridine rings is 1. The van der Waals surface area contributed by atoms with Gasteiger partial charge in [-0.1, -0.05) is 19.8 Å². The number of rotatable bonds is 8. The van der Waals surface area contributed by atoms with Gasteiger partial charge < -0.3 is 18.9 Å². The van der Waals surface area contributed by atoms with Crippen LogP contribution in [0, 0.1) is 0 Å². The molecule has 1 aromatic carbocycles. The minimum Gasteiger partial charge on any atom is -0.468 e. The van der Waals surface area contributed by atoms with Gasteiger partial charge in [-0.2, -0.15) is 0 Å². The minimum atomic E-state index is -0.133. The highest BCUT2D eigenvalue weighted by Crippen LogP contribution is 2.36. The van der Waals surface area contributed by atoms with E-state index in [1.807, 2.05) is 35.0 Å². The van der Waals surface area contributed by atoms with Crippen LogP contribution in [-0.2, 0) is 13.1 Å². The zero-order valence-corrected chi connectivity index (χ0v) is 19.6. The molecular weight excluding hydrogens is 448 g/mol. The van der Waals surface area contributed by atoms with Crippen LogP contribution in [0.15, 0.2) is 45.8 Å². The first-order valence-corrected chi connectivity index (χ1v) is 12.2. The Morgan fingerprint density at radius 1 is 1.17 bits per heavy atom. The first kappa shape index (κ1) is 21.8. The van der Waals surface area contributed by atoms with Crippen LogP contribution < -0.4 is 15.0 Å². The largest absolute Gasteiger partial charge is 0.468 e. The van der Waals surface area contributed by atoms with Gasteiger partial charge in [-0.3, -0.25) is 9.69 Å². The van der Waals surface area contributed by atoms with Gasteiger partial charge in [-0.05, 0) is 54.0 Å². The molecule has 1 aliphatic heterocycles. The summed E-state index contributed by atoms with van der Waals surface area (Å²) < 4.78 is 18.7. The number of aromatic nitrogens is 5. The van der Waals surface area contributed by atoms with Crippen molar-refractivity contribution in [3.05, 3.63) is 64.1 Å². The summed E-state index contributed by atoms with van der Waals surface area (Å²) >= 11 is 0. The Hall–Kier alpha value is -3.66. The van der Waals surface area contributed by atoms with Gasteiger partial charge in [-0.15, -0.1) is 5.10 Å². The highest BCUT2D eigenvalue weighted by molar-refractivity contribution is 5.83. The molecule has 0 saturated heterocycles. The zero-order chi connectivity index (χ0) is 23.8. The summed E-state index contributed by atoms with van der Waals surface area (Å²) in [5, 5.41) is 13.7. The van der Waals surface area contributed by atoms with Crippen molar-refractivity contribution < 1.29 is 13.9 Å². The molecule has 0 bridgehead atoms. The predicted molar refractivity (Wildman–Crippen MR) is 127 cm³/mol. The number of benzene rings is 1. The van der Waals surface area contributed by atoms with Crippen LogP contribution in [0.25, 0.3) is 10.9 Å². The standard InChI is InChI=1S/C25H28N6O4/c1-2-21(24-27-28-29-31(24)18-6-3-4-7-18)30(14-19-8-5-9-33-19)13-17-10-16-11-22-23(35-15-34-22)12-20(16)26-25(17)32/h5,8-12,18,21H,2-4,6-7,13-15H2,1H3,(H,26,32)/t21-/m0/s1. The summed E-state index contributed by atoms with van der Waals surface area (Å²) in [6, 6.07) is 9.72. The van der Waals surface area contributed by atoms with Crippen LogP contribution in [-0.4, -0.2) is 36.9 Å². The highest BCUT2D eigenvalue weighted by Gasteiger charge is 2.30. The smallest absolute Gasteiger partial charge is 0.252 e. The molecule has 10 heteroatoms. The first-order chi connectivity index (χ1) is 17.2. The maximum Gasteiger partial charge on any atom is 0.252 e. The Morgan fingerprint density at radius 3 is 2.77 bits per heavy atom. The minimum absolute atomic E-state index is 0.0810. The molecule has 2 aliphatic rings. The second-order valence-electron chi connectivity index (χ2n) is 9.24. The summed E-state index contributed by atoms with van der Waals surface area (Å²) in [4.78, 5) is 18.4. The fourth-order valence-corrected chi connectivity index (χ4v) is 5.29. The number of nitrogens with one attached hydrogen (secondary N) is 1. The predicted octanol–water partition coefficient (Wildman–Crippen LogP) is 4.10. The third-order valence-electron chi connectivity index (χ3n) is 7.04. The molecule has 4 aromatic rings. The lowest BCUT2D eigenvalue weighted by Crippen LogP contribution is -2.32. The van der Waals surface area contributed by atoms with E-state index in [-0.39, 0.29) is 18.4 Å². The van der Waals surface area contributed by atoms with E-state index in [4.69, 9.17) is 13.9 Å². The summed E-state index contributed by atoms with van der Waals surface area (Å²) in [5.74, 6) is 2.99. The highest BCUT2D eigenvalue weighted by atomic mass is 16.7. The Kier molecular flexibility index (Phi) is 5.73. The van der Waals surface area contributed by atoms with Crippen molar-refractivity contribution >= 4 is 10.9 Å². The van der Waals surface area contributed by atoms with Crippen LogP contribution in [0.3, 0.4) is 0 Å². The number of fused-ring (bicyclic) bond motifs is 2. The van der Waals surface area contributed by atoms with Crippen molar-refractivity contribution in [1.29, 1.82) is 0 Å². The third kappa shape index (κ3) is 4.18. The molecule has 4 heterocycles. The van der Waals surface area contributed by atoms with Gasteiger partial charge in [0.1, 0.15) is 5.76 Å². The molecule has 10 nitrogen and oxygen atoms in total. The van der Waals surface area contributed by atoms with Crippen molar-refractivity contribution in [3.8, 4) is 11.5 Å². The van der Waals surface area contributed by atoms with Crippen molar-refractivity contribution in [2.75, 3.05) is 6.79 Å². The number of nitrogens with zero attached hydrogens (tertiary/aromatic N) is 5. The van der Waals surface area contributed by atoms with Crippen LogP contribution >= 0.6 is 0 Å². The lowest BCUT2D eigenvalue weighted by atomic mass is 10.1. The molecule has 1 N–H and O–H groups in total. The fourth-order valence-electron chi connectivity index (χ4n) is 5.29. The van der Waals surface area contributed by atoms with Crippen molar-refractivity contribution in [3.63, 3.8) is 0 Å². The molecule has 1 saturated carbocycles. The second kappa shape index (κ2) is 9.18. The molecule has 3 aromatic heterocycles. The number of ether oxygens (including phenoxy) is 2. The van der Waals surface area contributed by atoms with Crippen molar-refractivity contribution in [2.45, 2.75) is 64.2 Å². The van der Waals surface area contributed by atoms with E-state index in [1.165, 1.54) is 12.8 Å². The SMILES string of the molecule is CC[C@@H](c1nnnn1C1CCCC1)N(Cc1ccco1)Cc1cc2cc3c(cc2[nH]c1=O)OCO3. The quantitative estimate of drug-likeness (QED) is 0.405. The van der Waals surface area contributed by atoms with Gasteiger partial charge in [-0.25, -0.2) is 4.68 Å². The van der Waals surface area contributed by atoms with Crippen LogP contribution in [0.2, 0.25) is 0 Å². The molecule has 35 heavy (non-hydrogen) atoms. The monoisotopic (exact) mass is 476 g/mol.